The first-order chi connectivity index (χ1) is 11.5. The topological polar surface area (TPSA) is 83.1 Å². The van der Waals surface area contributed by atoms with Gasteiger partial charge in [-0.05, 0) is 42.7 Å². The molecular formula is C18H22N4O2. The summed E-state index contributed by atoms with van der Waals surface area (Å²) in [5.74, 6) is -0.0927. The highest BCUT2D eigenvalue weighted by atomic mass is 16.2. The van der Waals surface area contributed by atoms with Crippen molar-refractivity contribution in [3.8, 4) is 0 Å². The van der Waals surface area contributed by atoms with Crippen molar-refractivity contribution in [1.29, 1.82) is 0 Å². The Bertz CT molecular complexity index is 681. The third kappa shape index (κ3) is 6.08. The largest absolute Gasteiger partial charge is 0.338 e. The summed E-state index contributed by atoms with van der Waals surface area (Å²) in [6.45, 7) is 4.39. The van der Waals surface area contributed by atoms with Crippen LogP contribution in [-0.2, 0) is 17.8 Å². The van der Waals surface area contributed by atoms with Crippen molar-refractivity contribution in [2.45, 2.75) is 26.8 Å². The summed E-state index contributed by atoms with van der Waals surface area (Å²) < 4.78 is 0. The molecule has 0 unspecified atom stereocenters. The van der Waals surface area contributed by atoms with Crippen LogP contribution < -0.4 is 16.0 Å². The molecule has 0 spiro atoms. The van der Waals surface area contributed by atoms with E-state index in [4.69, 9.17) is 0 Å². The maximum Gasteiger partial charge on any atom is 0.315 e. The number of pyridine rings is 1. The maximum absolute atomic E-state index is 11.8. The predicted octanol–water partition coefficient (Wildman–Crippen LogP) is 2.39. The number of anilines is 1. The molecule has 0 fully saturated rings. The van der Waals surface area contributed by atoms with Crippen molar-refractivity contribution in [3.63, 3.8) is 0 Å². The standard InChI is InChI=1S/C18H22N4O2/c1-13-3-4-16(11-20-13)12-21-18(24)19-10-9-15-5-7-17(8-6-15)22-14(2)23/h3-8,11H,9-10,12H2,1-2H3,(H,22,23)(H2,19,21,24). The van der Waals surface area contributed by atoms with E-state index in [-0.39, 0.29) is 11.9 Å². The number of carbonyl (C=O) groups excluding carboxylic acids is 2. The molecule has 24 heavy (non-hydrogen) atoms. The van der Waals surface area contributed by atoms with Gasteiger partial charge < -0.3 is 16.0 Å². The minimum Gasteiger partial charge on any atom is -0.338 e. The molecule has 0 aliphatic rings. The van der Waals surface area contributed by atoms with Crippen LogP contribution >= 0.6 is 0 Å². The second kappa shape index (κ2) is 8.67. The van der Waals surface area contributed by atoms with Crippen LogP contribution in [0, 0.1) is 6.92 Å². The normalized spacial score (nSPS) is 10.1. The number of hydrogen-bond donors (Lipinski definition) is 3. The van der Waals surface area contributed by atoms with Crippen LogP contribution in [0.15, 0.2) is 42.6 Å². The highest BCUT2D eigenvalue weighted by molar-refractivity contribution is 5.88. The Balaban J connectivity index is 1.68. The van der Waals surface area contributed by atoms with Gasteiger partial charge in [0.2, 0.25) is 5.91 Å². The van der Waals surface area contributed by atoms with E-state index in [9.17, 15) is 9.59 Å². The van der Waals surface area contributed by atoms with Crippen LogP contribution in [0.25, 0.3) is 0 Å². The van der Waals surface area contributed by atoms with Gasteiger partial charge in [-0.25, -0.2) is 4.79 Å². The number of hydrogen-bond acceptors (Lipinski definition) is 3. The first-order valence-electron chi connectivity index (χ1n) is 7.82. The Labute approximate surface area is 141 Å². The monoisotopic (exact) mass is 326 g/mol. The molecule has 1 heterocycles. The molecule has 0 bridgehead atoms. The number of aromatic nitrogens is 1. The van der Waals surface area contributed by atoms with E-state index in [2.05, 4.69) is 20.9 Å². The van der Waals surface area contributed by atoms with Gasteiger partial charge in [-0.15, -0.1) is 0 Å². The van der Waals surface area contributed by atoms with Gasteiger partial charge in [0.25, 0.3) is 0 Å². The van der Waals surface area contributed by atoms with Crippen molar-refractivity contribution in [1.82, 2.24) is 15.6 Å². The molecule has 3 amide bonds. The van der Waals surface area contributed by atoms with Crippen LogP contribution in [0.3, 0.4) is 0 Å². The third-order valence-electron chi connectivity index (χ3n) is 3.40. The van der Waals surface area contributed by atoms with E-state index in [1.165, 1.54) is 6.92 Å². The minimum absolute atomic E-state index is 0.0927. The second-order valence-electron chi connectivity index (χ2n) is 5.55. The van der Waals surface area contributed by atoms with E-state index >= 15 is 0 Å². The smallest absolute Gasteiger partial charge is 0.315 e. The van der Waals surface area contributed by atoms with Gasteiger partial charge >= 0.3 is 6.03 Å². The fourth-order valence-electron chi connectivity index (χ4n) is 2.13. The average Bonchev–Trinajstić information content (AvgIpc) is 2.55. The van der Waals surface area contributed by atoms with Gasteiger partial charge in [0.15, 0.2) is 0 Å². The summed E-state index contributed by atoms with van der Waals surface area (Å²) in [5.41, 5.74) is 3.77. The Morgan fingerprint density at radius 3 is 2.33 bits per heavy atom. The summed E-state index contributed by atoms with van der Waals surface area (Å²) in [4.78, 5) is 26.9. The summed E-state index contributed by atoms with van der Waals surface area (Å²) in [6.07, 6.45) is 2.48. The SMILES string of the molecule is CC(=O)Nc1ccc(CCNC(=O)NCc2ccc(C)nc2)cc1. The first kappa shape index (κ1) is 17.5. The zero-order valence-corrected chi connectivity index (χ0v) is 13.9. The molecule has 1 aromatic carbocycles. The second-order valence-corrected chi connectivity index (χ2v) is 5.55. The molecule has 2 aromatic rings. The van der Waals surface area contributed by atoms with Crippen molar-refractivity contribution >= 4 is 17.6 Å². The molecular weight excluding hydrogens is 304 g/mol. The number of nitrogens with one attached hydrogen (secondary N) is 3. The molecule has 1 aromatic heterocycles. The van der Waals surface area contributed by atoms with E-state index < -0.39 is 0 Å². The molecule has 0 aliphatic heterocycles. The molecule has 6 heteroatoms. The van der Waals surface area contributed by atoms with Crippen molar-refractivity contribution in [2.75, 3.05) is 11.9 Å². The van der Waals surface area contributed by atoms with E-state index in [1.807, 2.05) is 43.3 Å². The predicted molar refractivity (Wildman–Crippen MR) is 93.7 cm³/mol. The number of urea groups is 1. The van der Waals surface area contributed by atoms with Crippen LogP contribution in [0.4, 0.5) is 10.5 Å². The van der Waals surface area contributed by atoms with Crippen molar-refractivity contribution in [2.24, 2.45) is 0 Å². The molecule has 3 N–H and O–H groups in total. The molecule has 0 aliphatic carbocycles. The van der Waals surface area contributed by atoms with Crippen LogP contribution in [0.2, 0.25) is 0 Å². The summed E-state index contributed by atoms with van der Waals surface area (Å²) >= 11 is 0. The zero-order valence-electron chi connectivity index (χ0n) is 13.9. The zero-order chi connectivity index (χ0) is 17.4. The molecule has 0 atom stereocenters. The van der Waals surface area contributed by atoms with Crippen molar-refractivity contribution < 1.29 is 9.59 Å². The maximum atomic E-state index is 11.8. The van der Waals surface area contributed by atoms with E-state index in [0.29, 0.717) is 13.1 Å². The van der Waals surface area contributed by atoms with Crippen molar-refractivity contribution in [3.05, 3.63) is 59.4 Å². The Morgan fingerprint density at radius 1 is 1.00 bits per heavy atom. The number of carbonyl (C=O) groups is 2. The van der Waals surface area contributed by atoms with Gasteiger partial charge in [0.05, 0.1) is 0 Å². The van der Waals surface area contributed by atoms with Crippen LogP contribution in [0.5, 0.6) is 0 Å². The number of nitrogens with zero attached hydrogens (tertiary/aromatic N) is 1. The third-order valence-corrected chi connectivity index (χ3v) is 3.40. The molecule has 126 valence electrons. The molecule has 6 nitrogen and oxygen atoms in total. The number of amides is 3. The van der Waals surface area contributed by atoms with E-state index in [0.717, 1.165) is 28.9 Å². The van der Waals surface area contributed by atoms with Gasteiger partial charge in [-0.1, -0.05) is 18.2 Å². The highest BCUT2D eigenvalue weighted by Gasteiger charge is 2.01. The number of benzene rings is 1. The van der Waals surface area contributed by atoms with Gasteiger partial charge in [0, 0.05) is 37.6 Å². The lowest BCUT2D eigenvalue weighted by molar-refractivity contribution is -0.114. The van der Waals surface area contributed by atoms with Gasteiger partial charge in [0.1, 0.15) is 0 Å². The lowest BCUT2D eigenvalue weighted by Gasteiger charge is -2.08. The van der Waals surface area contributed by atoms with Crippen LogP contribution in [-0.4, -0.2) is 23.5 Å². The first-order valence-corrected chi connectivity index (χ1v) is 7.82. The van der Waals surface area contributed by atoms with Gasteiger partial charge in [-0.3, -0.25) is 9.78 Å². The molecule has 0 saturated heterocycles. The lowest BCUT2D eigenvalue weighted by atomic mass is 10.1. The average molecular weight is 326 g/mol. The quantitative estimate of drug-likeness (QED) is 0.762. The molecule has 0 radical (unpaired) electrons. The lowest BCUT2D eigenvalue weighted by Crippen LogP contribution is -2.36. The molecule has 0 saturated carbocycles. The number of aryl methyl sites for hydroxylation is 1. The minimum atomic E-state index is -0.203. The van der Waals surface area contributed by atoms with Crippen LogP contribution in [0.1, 0.15) is 23.7 Å². The van der Waals surface area contributed by atoms with E-state index in [1.54, 1.807) is 6.20 Å². The summed E-state index contributed by atoms with van der Waals surface area (Å²) in [7, 11) is 0. The number of rotatable bonds is 6. The molecule has 2 rings (SSSR count). The fourth-order valence-corrected chi connectivity index (χ4v) is 2.13. The fraction of sp³-hybridized carbons (Fsp3) is 0.278. The summed E-state index contributed by atoms with van der Waals surface area (Å²) in [5, 5.41) is 8.34. The summed E-state index contributed by atoms with van der Waals surface area (Å²) in [6, 6.07) is 11.2. The van der Waals surface area contributed by atoms with Gasteiger partial charge in [-0.2, -0.15) is 0 Å². The Kier molecular flexibility index (Phi) is 6.31. The Hall–Kier alpha value is -2.89. The Morgan fingerprint density at radius 2 is 1.71 bits per heavy atom. The highest BCUT2D eigenvalue weighted by Crippen LogP contribution is 2.09.